The van der Waals surface area contributed by atoms with E-state index in [0.717, 1.165) is 42.2 Å². The van der Waals surface area contributed by atoms with Crippen molar-refractivity contribution in [1.82, 2.24) is 19.1 Å². The van der Waals surface area contributed by atoms with E-state index in [9.17, 15) is 0 Å². The third-order valence-electron chi connectivity index (χ3n) is 6.27. The molecule has 7 nitrogen and oxygen atoms in total. The SMILES string of the molecule is [C-]#[N+]c1ccc(C)nc1O/N=C1/c2c(n(C)c3ccccc23)CCC1Cn1ccnc1C. The highest BCUT2D eigenvalue weighted by Crippen LogP contribution is 2.35. The Morgan fingerprint density at radius 1 is 1.22 bits per heavy atom. The minimum Gasteiger partial charge on any atom is -0.348 e. The first kappa shape index (κ1) is 20.0. The molecular weight excluding hydrogens is 400 g/mol. The maximum Gasteiger partial charge on any atom is 0.255 e. The number of aromatic nitrogens is 4. The van der Waals surface area contributed by atoms with E-state index >= 15 is 0 Å². The summed E-state index contributed by atoms with van der Waals surface area (Å²) < 4.78 is 4.42. The molecule has 0 saturated carbocycles. The van der Waals surface area contributed by atoms with Gasteiger partial charge in [0.1, 0.15) is 5.82 Å². The third kappa shape index (κ3) is 3.34. The highest BCUT2D eigenvalue weighted by Gasteiger charge is 2.31. The van der Waals surface area contributed by atoms with Gasteiger partial charge in [0, 0.05) is 59.8 Å². The van der Waals surface area contributed by atoms with Gasteiger partial charge in [-0.15, -0.1) is 0 Å². The van der Waals surface area contributed by atoms with Crippen molar-refractivity contribution in [1.29, 1.82) is 0 Å². The van der Waals surface area contributed by atoms with Crippen LogP contribution in [0.15, 0.2) is 53.9 Å². The van der Waals surface area contributed by atoms with Gasteiger partial charge in [-0.2, -0.15) is 0 Å². The molecule has 1 aromatic carbocycles. The number of aryl methyl sites for hydroxylation is 3. The van der Waals surface area contributed by atoms with Crippen LogP contribution < -0.4 is 4.84 Å². The first-order valence-corrected chi connectivity index (χ1v) is 10.7. The number of rotatable bonds is 4. The Morgan fingerprint density at radius 2 is 2.06 bits per heavy atom. The van der Waals surface area contributed by atoms with Crippen LogP contribution in [0.4, 0.5) is 5.69 Å². The fourth-order valence-electron chi connectivity index (χ4n) is 4.58. The number of benzene rings is 1. The summed E-state index contributed by atoms with van der Waals surface area (Å²) in [6.07, 6.45) is 5.75. The fourth-order valence-corrected chi connectivity index (χ4v) is 4.58. The lowest BCUT2D eigenvalue weighted by molar-refractivity contribution is 0.322. The van der Waals surface area contributed by atoms with Crippen LogP contribution >= 0.6 is 0 Å². The Hall–Kier alpha value is -3.92. The molecule has 3 aromatic heterocycles. The van der Waals surface area contributed by atoms with E-state index in [1.54, 1.807) is 12.1 Å². The quantitative estimate of drug-likeness (QED) is 0.343. The summed E-state index contributed by atoms with van der Waals surface area (Å²) in [4.78, 5) is 18.2. The predicted molar refractivity (Wildman–Crippen MR) is 124 cm³/mol. The molecule has 0 spiro atoms. The molecule has 0 aliphatic heterocycles. The van der Waals surface area contributed by atoms with Crippen molar-refractivity contribution in [3.05, 3.63) is 83.0 Å². The van der Waals surface area contributed by atoms with Crippen molar-refractivity contribution in [3.63, 3.8) is 0 Å². The van der Waals surface area contributed by atoms with Gasteiger partial charge in [-0.25, -0.2) is 14.8 Å². The van der Waals surface area contributed by atoms with E-state index in [1.165, 1.54) is 16.6 Å². The first-order chi connectivity index (χ1) is 15.6. The largest absolute Gasteiger partial charge is 0.348 e. The lowest BCUT2D eigenvalue weighted by atomic mass is 9.84. The molecule has 160 valence electrons. The molecule has 7 heteroatoms. The average Bonchev–Trinajstić information content (AvgIpc) is 3.34. The maximum absolute atomic E-state index is 7.44. The van der Waals surface area contributed by atoms with Crippen LogP contribution in [0.1, 0.15) is 29.2 Å². The lowest BCUT2D eigenvalue weighted by Crippen LogP contribution is -2.28. The number of hydrogen-bond donors (Lipinski definition) is 0. The highest BCUT2D eigenvalue weighted by molar-refractivity contribution is 6.13. The van der Waals surface area contributed by atoms with Crippen LogP contribution in [0, 0.1) is 26.3 Å². The first-order valence-electron chi connectivity index (χ1n) is 10.7. The molecule has 1 aliphatic carbocycles. The van der Waals surface area contributed by atoms with Crippen LogP contribution in [0.5, 0.6) is 5.88 Å². The third-order valence-corrected chi connectivity index (χ3v) is 6.27. The Bertz CT molecular complexity index is 1390. The van der Waals surface area contributed by atoms with Gasteiger partial charge in [-0.05, 0) is 38.8 Å². The van der Waals surface area contributed by atoms with Gasteiger partial charge in [0.2, 0.25) is 0 Å². The van der Waals surface area contributed by atoms with Gasteiger partial charge in [0.05, 0.1) is 12.3 Å². The van der Waals surface area contributed by atoms with Crippen molar-refractivity contribution in [2.75, 3.05) is 0 Å². The summed E-state index contributed by atoms with van der Waals surface area (Å²) in [6.45, 7) is 12.1. The van der Waals surface area contributed by atoms with Crippen LogP contribution in [-0.2, 0) is 20.0 Å². The van der Waals surface area contributed by atoms with Gasteiger partial charge in [0.25, 0.3) is 11.6 Å². The fraction of sp³-hybridized carbons (Fsp3) is 0.280. The Balaban J connectivity index is 1.64. The maximum atomic E-state index is 7.44. The van der Waals surface area contributed by atoms with Crippen molar-refractivity contribution in [2.24, 2.45) is 18.1 Å². The molecule has 4 aromatic rings. The standard InChI is InChI=1S/C25H24N6O/c1-16-9-11-20(26-3)25(28-16)32-29-24-18(15-31-14-13-27-17(31)2)10-12-22-23(24)19-7-5-6-8-21(19)30(22)4/h5-9,11,13-14,18H,10,12,15H2,1-2,4H3/b29-24+. The number of pyridine rings is 1. The number of nitrogens with zero attached hydrogens (tertiary/aromatic N) is 6. The molecule has 1 atom stereocenters. The minimum absolute atomic E-state index is 0.155. The molecule has 32 heavy (non-hydrogen) atoms. The number of fused-ring (bicyclic) bond motifs is 3. The van der Waals surface area contributed by atoms with Crippen molar-refractivity contribution in [2.45, 2.75) is 33.2 Å². The van der Waals surface area contributed by atoms with E-state index in [4.69, 9.17) is 11.4 Å². The molecule has 0 bridgehead atoms. The summed E-state index contributed by atoms with van der Waals surface area (Å²) in [5, 5.41) is 5.83. The molecule has 0 N–H and O–H groups in total. The molecule has 3 heterocycles. The van der Waals surface area contributed by atoms with Gasteiger partial charge < -0.3 is 14.0 Å². The molecule has 1 unspecified atom stereocenters. The van der Waals surface area contributed by atoms with Crippen LogP contribution in [0.3, 0.4) is 0 Å². The topological polar surface area (TPSA) is 61.6 Å². The molecule has 0 radical (unpaired) electrons. The number of para-hydroxylation sites is 1. The molecular formula is C25H24N6O. The second kappa shape index (κ2) is 7.97. The minimum atomic E-state index is 0.155. The normalized spacial score (nSPS) is 16.8. The Morgan fingerprint density at radius 3 is 2.84 bits per heavy atom. The molecule has 0 fully saturated rings. The number of oxime groups is 1. The monoisotopic (exact) mass is 424 g/mol. The van der Waals surface area contributed by atoms with Crippen molar-refractivity contribution >= 4 is 22.3 Å². The van der Waals surface area contributed by atoms with E-state index < -0.39 is 0 Å². The molecule has 5 rings (SSSR count). The lowest BCUT2D eigenvalue weighted by Gasteiger charge is -2.26. The zero-order valence-electron chi connectivity index (χ0n) is 18.4. The molecule has 0 saturated heterocycles. The second-order valence-electron chi connectivity index (χ2n) is 8.22. The van der Waals surface area contributed by atoms with Crippen LogP contribution in [-0.4, -0.2) is 24.8 Å². The summed E-state index contributed by atoms with van der Waals surface area (Å²) >= 11 is 0. The zero-order chi connectivity index (χ0) is 22.2. The van der Waals surface area contributed by atoms with Crippen LogP contribution in [0.25, 0.3) is 15.7 Å². The van der Waals surface area contributed by atoms with Gasteiger partial charge in [-0.3, -0.25) is 0 Å². The van der Waals surface area contributed by atoms with Gasteiger partial charge in [0.15, 0.2) is 0 Å². The summed E-state index contributed by atoms with van der Waals surface area (Å²) in [5.41, 5.74) is 5.61. The Labute approximate surface area is 186 Å². The number of imidazole rings is 1. The number of hydrogen-bond acceptors (Lipinski definition) is 4. The molecule has 0 amide bonds. The zero-order valence-corrected chi connectivity index (χ0v) is 18.4. The summed E-state index contributed by atoms with van der Waals surface area (Å²) in [6, 6.07) is 11.9. The van der Waals surface area contributed by atoms with Crippen LogP contribution in [0.2, 0.25) is 0 Å². The highest BCUT2D eigenvalue weighted by atomic mass is 16.6. The molecule has 1 aliphatic rings. The van der Waals surface area contributed by atoms with Crippen molar-refractivity contribution in [3.8, 4) is 5.88 Å². The Kier molecular flexibility index (Phi) is 4.98. The summed E-state index contributed by atoms with van der Waals surface area (Å²) in [7, 11) is 2.11. The van der Waals surface area contributed by atoms with E-state index in [1.807, 2.05) is 26.2 Å². The van der Waals surface area contributed by atoms with Gasteiger partial charge >= 0.3 is 0 Å². The van der Waals surface area contributed by atoms with E-state index in [2.05, 4.69) is 60.4 Å². The predicted octanol–water partition coefficient (Wildman–Crippen LogP) is 4.98. The second-order valence-corrected chi connectivity index (χ2v) is 8.22. The van der Waals surface area contributed by atoms with Crippen molar-refractivity contribution < 1.29 is 4.84 Å². The van der Waals surface area contributed by atoms with Gasteiger partial charge in [-0.1, -0.05) is 29.4 Å². The van der Waals surface area contributed by atoms with E-state index in [-0.39, 0.29) is 11.8 Å². The average molecular weight is 425 g/mol. The van der Waals surface area contributed by atoms with E-state index in [0.29, 0.717) is 5.69 Å². The summed E-state index contributed by atoms with van der Waals surface area (Å²) in [5.74, 6) is 1.38. The smallest absolute Gasteiger partial charge is 0.255 e.